The van der Waals surface area contributed by atoms with Crippen molar-refractivity contribution in [2.45, 2.75) is 109 Å². The topological polar surface area (TPSA) is 253 Å². The fourth-order valence-corrected chi connectivity index (χ4v) is 6.79. The lowest BCUT2D eigenvalue weighted by atomic mass is 10.0. The molecule has 0 spiro atoms. The van der Waals surface area contributed by atoms with E-state index in [-0.39, 0.29) is 31.8 Å². The van der Waals surface area contributed by atoms with Gasteiger partial charge in [-0.2, -0.15) is 11.8 Å². The van der Waals surface area contributed by atoms with Crippen LogP contribution in [0.25, 0.3) is 0 Å². The van der Waals surface area contributed by atoms with Gasteiger partial charge in [-0.3, -0.25) is 33.6 Å². The number of hydrogen-bond acceptors (Lipinski definition) is 11. The second-order valence-corrected chi connectivity index (χ2v) is 17.7. The van der Waals surface area contributed by atoms with Gasteiger partial charge in [0.15, 0.2) is 0 Å². The van der Waals surface area contributed by atoms with E-state index in [2.05, 4.69) is 31.9 Å². The molecule has 3 rings (SSSR count). The van der Waals surface area contributed by atoms with Crippen molar-refractivity contribution < 1.29 is 47.8 Å². The molecule has 0 aliphatic heterocycles. The molecule has 7 amide bonds. The van der Waals surface area contributed by atoms with Crippen molar-refractivity contribution in [2.75, 3.05) is 18.6 Å². The molecule has 352 valence electrons. The molecule has 0 saturated heterocycles. The van der Waals surface area contributed by atoms with Gasteiger partial charge in [0, 0.05) is 12.8 Å². The first kappa shape index (κ1) is 52.9. The lowest BCUT2D eigenvalue weighted by Crippen LogP contribution is -2.58. The molecule has 0 heterocycles. The summed E-state index contributed by atoms with van der Waals surface area (Å²) in [6.45, 7) is 7.94. The molecule has 0 aliphatic rings. The molecule has 3 aromatic carbocycles. The van der Waals surface area contributed by atoms with Crippen LogP contribution in [0.15, 0.2) is 91.0 Å². The zero-order valence-electron chi connectivity index (χ0n) is 37.8. The molecule has 18 heteroatoms. The Bertz CT molecular complexity index is 2030. The highest BCUT2D eigenvalue weighted by atomic mass is 32.2. The summed E-state index contributed by atoms with van der Waals surface area (Å²) in [5, 5.41) is 15.6. The third-order valence-electron chi connectivity index (χ3n) is 9.50. The van der Waals surface area contributed by atoms with Crippen molar-refractivity contribution in [3.63, 3.8) is 0 Å². The molecular weight excluding hydrogens is 855 g/mol. The standard InChI is InChI=1S/C47H63N7O10S/c1-30(2)24-35(43(59)51-34(41(48)57)22-23-65-6)50-39(55)28-49-42(58)36(25-31-16-10-7-11-17-31)52-44(60)37(26-32-18-12-8-13-19-32)53-45(61)38(54-46(62)64-47(3,4)5)27-40(56)63-29-33-20-14-9-15-21-33/h7-21,30,34-38H,22-29H2,1-6H3,(H2,48,57)(H,49,58)(H,50,55)(H,51,59)(H,52,60)(H,53,61)(H,54,62)/t34-,35-,36-,37-,38-/m0/s1. The van der Waals surface area contributed by atoms with Crippen molar-refractivity contribution in [2.24, 2.45) is 11.7 Å². The molecule has 5 atom stereocenters. The van der Waals surface area contributed by atoms with Gasteiger partial charge >= 0.3 is 12.1 Å². The molecule has 65 heavy (non-hydrogen) atoms. The molecule has 0 aromatic heterocycles. The van der Waals surface area contributed by atoms with Crippen LogP contribution in [0.4, 0.5) is 4.79 Å². The Labute approximate surface area is 384 Å². The van der Waals surface area contributed by atoms with E-state index in [1.807, 2.05) is 20.1 Å². The number of primary amides is 1. The van der Waals surface area contributed by atoms with E-state index in [4.69, 9.17) is 15.2 Å². The number of benzene rings is 3. The second-order valence-electron chi connectivity index (χ2n) is 16.8. The lowest BCUT2D eigenvalue weighted by Gasteiger charge is -2.26. The van der Waals surface area contributed by atoms with Crippen molar-refractivity contribution in [1.29, 1.82) is 0 Å². The Morgan fingerprint density at radius 2 is 1.09 bits per heavy atom. The molecule has 0 fully saturated rings. The van der Waals surface area contributed by atoms with Crippen LogP contribution in [-0.4, -0.2) is 102 Å². The third-order valence-corrected chi connectivity index (χ3v) is 10.1. The van der Waals surface area contributed by atoms with Gasteiger partial charge in [-0.1, -0.05) is 105 Å². The number of nitrogens with two attached hydrogens (primary N) is 1. The maximum Gasteiger partial charge on any atom is 0.408 e. The van der Waals surface area contributed by atoms with Crippen molar-refractivity contribution in [3.8, 4) is 0 Å². The number of alkyl carbamates (subject to hydrolysis) is 1. The average molecular weight is 918 g/mol. The van der Waals surface area contributed by atoms with E-state index in [0.717, 1.165) is 0 Å². The van der Waals surface area contributed by atoms with Crippen LogP contribution >= 0.6 is 11.8 Å². The zero-order valence-corrected chi connectivity index (χ0v) is 38.7. The van der Waals surface area contributed by atoms with Gasteiger partial charge in [0.1, 0.15) is 42.4 Å². The fourth-order valence-electron chi connectivity index (χ4n) is 6.32. The normalized spacial score (nSPS) is 13.4. The first-order chi connectivity index (χ1) is 30.8. The summed E-state index contributed by atoms with van der Waals surface area (Å²) in [6, 6.07) is 20.2. The number of amides is 7. The van der Waals surface area contributed by atoms with Crippen LogP contribution in [-0.2, 0) is 62.5 Å². The van der Waals surface area contributed by atoms with Crippen LogP contribution in [0.3, 0.4) is 0 Å². The average Bonchev–Trinajstić information content (AvgIpc) is 3.25. The Morgan fingerprint density at radius 1 is 0.615 bits per heavy atom. The van der Waals surface area contributed by atoms with Gasteiger partial charge in [-0.15, -0.1) is 0 Å². The predicted octanol–water partition coefficient (Wildman–Crippen LogP) is 2.84. The summed E-state index contributed by atoms with van der Waals surface area (Å²) in [4.78, 5) is 107. The number of hydrogen-bond donors (Lipinski definition) is 7. The second kappa shape index (κ2) is 27.0. The summed E-state index contributed by atoms with van der Waals surface area (Å²) in [6.07, 6.45) is 0.700. The van der Waals surface area contributed by atoms with Gasteiger partial charge < -0.3 is 47.1 Å². The Kier molecular flexibility index (Phi) is 22.0. The molecule has 0 bridgehead atoms. The minimum absolute atomic E-state index is 0.0228. The SMILES string of the molecule is CSCC[C@H](NC(=O)[C@H](CC(C)C)NC(=O)CNC(=O)[C@H](Cc1ccccc1)NC(=O)[C@H](Cc1ccccc1)NC(=O)[C@H](CC(=O)OCc1ccccc1)NC(=O)OC(C)(C)C)C(N)=O. The van der Waals surface area contributed by atoms with Crippen molar-refractivity contribution >= 4 is 59.3 Å². The number of thioether (sulfide) groups is 1. The molecule has 0 aliphatic carbocycles. The van der Waals surface area contributed by atoms with Crippen LogP contribution in [0.2, 0.25) is 0 Å². The third kappa shape index (κ3) is 20.7. The number of carbonyl (C=O) groups excluding carboxylic acids is 8. The molecule has 8 N–H and O–H groups in total. The van der Waals surface area contributed by atoms with Gasteiger partial charge in [-0.05, 0) is 68.2 Å². The van der Waals surface area contributed by atoms with E-state index in [1.54, 1.807) is 112 Å². The zero-order chi connectivity index (χ0) is 47.9. The largest absolute Gasteiger partial charge is 0.461 e. The quantitative estimate of drug-likeness (QED) is 0.0609. The minimum Gasteiger partial charge on any atom is -0.461 e. The molecule has 0 unspecified atom stereocenters. The Hall–Kier alpha value is -6.43. The highest BCUT2D eigenvalue weighted by molar-refractivity contribution is 7.98. The summed E-state index contributed by atoms with van der Waals surface area (Å²) in [7, 11) is 0. The lowest BCUT2D eigenvalue weighted by molar-refractivity contribution is -0.147. The summed E-state index contributed by atoms with van der Waals surface area (Å²) in [5.74, 6) is -4.73. The first-order valence-electron chi connectivity index (χ1n) is 21.4. The molecule has 17 nitrogen and oxygen atoms in total. The molecule has 0 radical (unpaired) electrons. The van der Waals surface area contributed by atoms with Crippen LogP contribution < -0.4 is 37.6 Å². The molecular formula is C47H63N7O10S. The summed E-state index contributed by atoms with van der Waals surface area (Å²) >= 11 is 1.48. The Balaban J connectivity index is 1.84. The van der Waals surface area contributed by atoms with E-state index < -0.39 is 96.3 Å². The fraction of sp³-hybridized carbons (Fsp3) is 0.447. The van der Waals surface area contributed by atoms with E-state index in [0.29, 0.717) is 28.9 Å². The van der Waals surface area contributed by atoms with Gasteiger partial charge in [0.2, 0.25) is 35.4 Å². The maximum absolute atomic E-state index is 14.3. The monoisotopic (exact) mass is 917 g/mol. The van der Waals surface area contributed by atoms with Crippen LogP contribution in [0.1, 0.15) is 70.6 Å². The van der Waals surface area contributed by atoms with Gasteiger partial charge in [-0.25, -0.2) is 4.79 Å². The summed E-state index contributed by atoms with van der Waals surface area (Å²) in [5.41, 5.74) is 6.57. The number of rotatable bonds is 25. The van der Waals surface area contributed by atoms with Crippen molar-refractivity contribution in [3.05, 3.63) is 108 Å². The Morgan fingerprint density at radius 3 is 1.58 bits per heavy atom. The first-order valence-corrected chi connectivity index (χ1v) is 22.8. The predicted molar refractivity (Wildman–Crippen MR) is 247 cm³/mol. The van der Waals surface area contributed by atoms with E-state index in [9.17, 15) is 38.4 Å². The summed E-state index contributed by atoms with van der Waals surface area (Å²) < 4.78 is 10.8. The number of ether oxygens (including phenoxy) is 2. The smallest absolute Gasteiger partial charge is 0.408 e. The molecule has 0 saturated carbocycles. The van der Waals surface area contributed by atoms with Gasteiger partial charge in [0.05, 0.1) is 13.0 Å². The van der Waals surface area contributed by atoms with Crippen LogP contribution in [0, 0.1) is 5.92 Å². The number of nitrogens with one attached hydrogen (secondary N) is 6. The molecule has 3 aromatic rings. The highest BCUT2D eigenvalue weighted by Gasteiger charge is 2.33. The highest BCUT2D eigenvalue weighted by Crippen LogP contribution is 2.12. The van der Waals surface area contributed by atoms with E-state index >= 15 is 0 Å². The number of carbonyl (C=O) groups is 8. The van der Waals surface area contributed by atoms with Gasteiger partial charge in [0.25, 0.3) is 0 Å². The van der Waals surface area contributed by atoms with Crippen molar-refractivity contribution in [1.82, 2.24) is 31.9 Å². The van der Waals surface area contributed by atoms with E-state index in [1.165, 1.54) is 11.8 Å². The number of esters is 1. The van der Waals surface area contributed by atoms with Crippen LogP contribution in [0.5, 0.6) is 0 Å². The maximum atomic E-state index is 14.3. The minimum atomic E-state index is -1.54.